The standard InChI is InChI=1S/C12H15NO3S2/c14-9-3-8(4-10(15)5-9)12(16)13-6-11-7-17-1-2-18-11/h3-5,11,14-15H,1-2,6-7H2,(H,13,16). The van der Waals surface area contributed by atoms with Crippen LogP contribution in [0.25, 0.3) is 0 Å². The molecule has 0 spiro atoms. The van der Waals surface area contributed by atoms with Gasteiger partial charge in [-0.25, -0.2) is 0 Å². The Morgan fingerprint density at radius 2 is 2.00 bits per heavy atom. The number of thioether (sulfide) groups is 2. The SMILES string of the molecule is O=C(NCC1CSCCS1)c1cc(O)cc(O)c1. The summed E-state index contributed by atoms with van der Waals surface area (Å²) in [6, 6.07) is 3.89. The van der Waals surface area contributed by atoms with Crippen LogP contribution < -0.4 is 5.32 Å². The van der Waals surface area contributed by atoms with E-state index in [1.54, 1.807) is 0 Å². The number of benzene rings is 1. The normalized spacial score (nSPS) is 19.4. The van der Waals surface area contributed by atoms with Crippen LogP contribution in [0.1, 0.15) is 10.4 Å². The van der Waals surface area contributed by atoms with Gasteiger partial charge in [-0.3, -0.25) is 4.79 Å². The molecule has 1 aromatic carbocycles. The lowest BCUT2D eigenvalue weighted by atomic mass is 10.2. The Labute approximate surface area is 114 Å². The number of phenols is 2. The number of hydrogen-bond donors (Lipinski definition) is 3. The molecule has 4 nitrogen and oxygen atoms in total. The molecule has 18 heavy (non-hydrogen) atoms. The van der Waals surface area contributed by atoms with Crippen LogP contribution in [0.15, 0.2) is 18.2 Å². The molecule has 1 aliphatic heterocycles. The maximum Gasteiger partial charge on any atom is 0.251 e. The van der Waals surface area contributed by atoms with Gasteiger partial charge < -0.3 is 15.5 Å². The summed E-state index contributed by atoms with van der Waals surface area (Å²) in [5.74, 6) is 2.87. The third-order valence-corrected chi connectivity index (χ3v) is 5.38. The first kappa shape index (κ1) is 13.4. The van der Waals surface area contributed by atoms with E-state index in [0.29, 0.717) is 11.8 Å². The summed E-state index contributed by atoms with van der Waals surface area (Å²) in [6.45, 7) is 0.618. The van der Waals surface area contributed by atoms with Crippen molar-refractivity contribution in [2.24, 2.45) is 0 Å². The summed E-state index contributed by atoms with van der Waals surface area (Å²) >= 11 is 3.78. The molecule has 1 atom stereocenters. The minimum atomic E-state index is -0.266. The second-order valence-corrected chi connectivity index (χ2v) is 6.57. The van der Waals surface area contributed by atoms with Crippen LogP contribution >= 0.6 is 23.5 Å². The predicted molar refractivity (Wildman–Crippen MR) is 75.7 cm³/mol. The van der Waals surface area contributed by atoms with E-state index >= 15 is 0 Å². The minimum absolute atomic E-state index is 0.109. The highest BCUT2D eigenvalue weighted by Gasteiger charge is 2.16. The largest absolute Gasteiger partial charge is 0.508 e. The van der Waals surface area contributed by atoms with E-state index in [1.165, 1.54) is 24.0 Å². The van der Waals surface area contributed by atoms with Gasteiger partial charge in [0, 0.05) is 40.7 Å². The molecule has 1 heterocycles. The van der Waals surface area contributed by atoms with E-state index in [4.69, 9.17) is 0 Å². The number of rotatable bonds is 3. The van der Waals surface area contributed by atoms with E-state index in [1.807, 2.05) is 23.5 Å². The molecule has 3 N–H and O–H groups in total. The zero-order chi connectivity index (χ0) is 13.0. The fourth-order valence-corrected chi connectivity index (χ4v) is 4.30. The molecule has 98 valence electrons. The quantitative estimate of drug-likeness (QED) is 0.788. The summed E-state index contributed by atoms with van der Waals surface area (Å²) < 4.78 is 0. The van der Waals surface area contributed by atoms with Gasteiger partial charge in [0.1, 0.15) is 11.5 Å². The monoisotopic (exact) mass is 285 g/mol. The van der Waals surface area contributed by atoms with E-state index < -0.39 is 0 Å². The Hall–Kier alpha value is -1.01. The Kier molecular flexibility index (Phi) is 4.66. The van der Waals surface area contributed by atoms with Crippen LogP contribution in [0.4, 0.5) is 0 Å². The fraction of sp³-hybridized carbons (Fsp3) is 0.417. The van der Waals surface area contributed by atoms with Crippen molar-refractivity contribution in [3.8, 4) is 11.5 Å². The van der Waals surface area contributed by atoms with Gasteiger partial charge in [0.2, 0.25) is 0 Å². The van der Waals surface area contributed by atoms with Gasteiger partial charge in [-0.05, 0) is 12.1 Å². The van der Waals surface area contributed by atoms with Crippen LogP contribution in [-0.4, -0.2) is 45.2 Å². The third-order valence-electron chi connectivity index (χ3n) is 2.54. The van der Waals surface area contributed by atoms with Crippen molar-refractivity contribution < 1.29 is 15.0 Å². The van der Waals surface area contributed by atoms with Crippen molar-refractivity contribution in [3.63, 3.8) is 0 Å². The molecule has 0 aliphatic carbocycles. The predicted octanol–water partition coefficient (Wildman–Crippen LogP) is 1.68. The van der Waals surface area contributed by atoms with E-state index in [2.05, 4.69) is 5.32 Å². The average molecular weight is 285 g/mol. The lowest BCUT2D eigenvalue weighted by Crippen LogP contribution is -2.33. The summed E-state index contributed by atoms with van der Waals surface area (Å²) in [7, 11) is 0. The van der Waals surface area contributed by atoms with Gasteiger partial charge >= 0.3 is 0 Å². The van der Waals surface area contributed by atoms with Crippen molar-refractivity contribution in [2.75, 3.05) is 23.8 Å². The van der Waals surface area contributed by atoms with Gasteiger partial charge in [0.25, 0.3) is 5.91 Å². The summed E-state index contributed by atoms with van der Waals surface area (Å²) in [5, 5.41) is 21.9. The summed E-state index contributed by atoms with van der Waals surface area (Å²) in [4.78, 5) is 11.8. The maximum atomic E-state index is 11.8. The van der Waals surface area contributed by atoms with Gasteiger partial charge in [-0.2, -0.15) is 23.5 Å². The van der Waals surface area contributed by atoms with Crippen molar-refractivity contribution in [1.82, 2.24) is 5.32 Å². The highest BCUT2D eigenvalue weighted by molar-refractivity contribution is 8.06. The molecular formula is C12H15NO3S2. The Balaban J connectivity index is 1.90. The summed E-state index contributed by atoms with van der Waals surface area (Å²) in [5.41, 5.74) is 0.279. The minimum Gasteiger partial charge on any atom is -0.508 e. The number of carbonyl (C=O) groups excluding carboxylic acids is 1. The van der Waals surface area contributed by atoms with E-state index in [0.717, 1.165) is 11.5 Å². The summed E-state index contributed by atoms with van der Waals surface area (Å²) in [6.07, 6.45) is 0. The smallest absolute Gasteiger partial charge is 0.251 e. The van der Waals surface area contributed by atoms with Crippen LogP contribution in [0.2, 0.25) is 0 Å². The molecular weight excluding hydrogens is 270 g/mol. The Bertz CT molecular complexity index is 413. The van der Waals surface area contributed by atoms with Gasteiger partial charge in [0.15, 0.2) is 0 Å². The fourth-order valence-electron chi connectivity index (χ4n) is 1.69. The molecule has 1 aromatic rings. The molecule has 1 aliphatic rings. The maximum absolute atomic E-state index is 11.8. The van der Waals surface area contributed by atoms with Crippen molar-refractivity contribution in [1.29, 1.82) is 0 Å². The molecule has 1 amide bonds. The highest BCUT2D eigenvalue weighted by Crippen LogP contribution is 2.24. The third kappa shape index (κ3) is 3.74. The molecule has 1 saturated heterocycles. The number of carbonyl (C=O) groups is 1. The van der Waals surface area contributed by atoms with E-state index in [9.17, 15) is 15.0 Å². The first-order chi connectivity index (χ1) is 8.65. The molecule has 1 unspecified atom stereocenters. The van der Waals surface area contributed by atoms with Crippen LogP contribution in [0, 0.1) is 0 Å². The molecule has 1 fully saturated rings. The van der Waals surface area contributed by atoms with Crippen molar-refractivity contribution in [3.05, 3.63) is 23.8 Å². The van der Waals surface area contributed by atoms with Gasteiger partial charge in [-0.1, -0.05) is 0 Å². The van der Waals surface area contributed by atoms with Gasteiger partial charge in [-0.15, -0.1) is 0 Å². The average Bonchev–Trinajstić information content (AvgIpc) is 2.36. The number of amides is 1. The number of nitrogens with one attached hydrogen (secondary N) is 1. The Morgan fingerprint density at radius 3 is 2.61 bits per heavy atom. The topological polar surface area (TPSA) is 69.6 Å². The molecule has 2 rings (SSSR count). The lowest BCUT2D eigenvalue weighted by molar-refractivity contribution is 0.0953. The van der Waals surface area contributed by atoms with Crippen molar-refractivity contribution >= 4 is 29.4 Å². The van der Waals surface area contributed by atoms with Crippen LogP contribution in [-0.2, 0) is 0 Å². The molecule has 0 aromatic heterocycles. The Morgan fingerprint density at radius 1 is 1.28 bits per heavy atom. The zero-order valence-electron chi connectivity index (χ0n) is 9.76. The number of phenolic OH excluding ortho intramolecular Hbond substituents is 2. The lowest BCUT2D eigenvalue weighted by Gasteiger charge is -2.21. The molecule has 0 saturated carbocycles. The second-order valence-electron chi connectivity index (χ2n) is 4.02. The number of hydrogen-bond acceptors (Lipinski definition) is 5. The molecule has 6 heteroatoms. The second kappa shape index (κ2) is 6.24. The molecule has 0 bridgehead atoms. The molecule has 0 radical (unpaired) electrons. The highest BCUT2D eigenvalue weighted by atomic mass is 32.2. The van der Waals surface area contributed by atoms with Gasteiger partial charge in [0.05, 0.1) is 0 Å². The first-order valence-corrected chi connectivity index (χ1v) is 7.86. The van der Waals surface area contributed by atoms with Crippen LogP contribution in [0.5, 0.6) is 11.5 Å². The first-order valence-electron chi connectivity index (χ1n) is 5.66. The number of aromatic hydroxyl groups is 2. The van der Waals surface area contributed by atoms with E-state index in [-0.39, 0.29) is 23.0 Å². The zero-order valence-corrected chi connectivity index (χ0v) is 11.4. The van der Waals surface area contributed by atoms with Crippen molar-refractivity contribution in [2.45, 2.75) is 5.25 Å². The van der Waals surface area contributed by atoms with Crippen LogP contribution in [0.3, 0.4) is 0 Å².